The second-order valence-corrected chi connectivity index (χ2v) is 7.51. The number of nitrogens with zero attached hydrogens (tertiary/aromatic N) is 3. The highest BCUT2D eigenvalue weighted by Gasteiger charge is 2.28. The Labute approximate surface area is 131 Å². The van der Waals surface area contributed by atoms with E-state index in [-0.39, 0.29) is 6.04 Å². The van der Waals surface area contributed by atoms with Gasteiger partial charge in [0.1, 0.15) is 5.65 Å². The second kappa shape index (κ2) is 6.36. The Kier molecular flexibility index (Phi) is 4.46. The third-order valence-electron chi connectivity index (χ3n) is 4.13. The lowest BCUT2D eigenvalue weighted by molar-refractivity contribution is 0.265. The molecule has 0 aromatic carbocycles. The summed E-state index contributed by atoms with van der Waals surface area (Å²) in [5.74, 6) is 0. The van der Waals surface area contributed by atoms with Crippen LogP contribution in [0.4, 0.5) is 0 Å². The van der Waals surface area contributed by atoms with Crippen molar-refractivity contribution in [1.82, 2.24) is 18.4 Å². The number of piperidine rings is 1. The summed E-state index contributed by atoms with van der Waals surface area (Å²) in [6.45, 7) is 2.96. The Balaban J connectivity index is 1.59. The molecular formula is C15H22N4O2S. The molecule has 0 aliphatic carbocycles. The van der Waals surface area contributed by atoms with Gasteiger partial charge in [0.15, 0.2) is 0 Å². The molecule has 0 amide bonds. The molecule has 1 aliphatic rings. The molecule has 3 rings (SSSR count). The lowest BCUT2D eigenvalue weighted by Crippen LogP contribution is -2.48. The number of rotatable bonds is 5. The Morgan fingerprint density at radius 3 is 3.00 bits per heavy atom. The van der Waals surface area contributed by atoms with Gasteiger partial charge >= 0.3 is 0 Å². The quantitative estimate of drug-likeness (QED) is 0.909. The van der Waals surface area contributed by atoms with E-state index in [0.717, 1.165) is 30.6 Å². The van der Waals surface area contributed by atoms with E-state index in [9.17, 15) is 8.42 Å². The first-order chi connectivity index (χ1) is 10.6. The van der Waals surface area contributed by atoms with Crippen molar-refractivity contribution in [1.29, 1.82) is 0 Å². The number of imidazole rings is 1. The second-order valence-electron chi connectivity index (χ2n) is 5.80. The van der Waals surface area contributed by atoms with Crippen molar-refractivity contribution in [2.45, 2.75) is 38.6 Å². The zero-order valence-corrected chi connectivity index (χ0v) is 13.6. The van der Waals surface area contributed by atoms with Crippen LogP contribution >= 0.6 is 0 Å². The van der Waals surface area contributed by atoms with Gasteiger partial charge in [0.05, 0.1) is 5.69 Å². The monoisotopic (exact) mass is 322 g/mol. The maximum absolute atomic E-state index is 12.3. The molecule has 0 saturated carbocycles. The summed E-state index contributed by atoms with van der Waals surface area (Å²) >= 11 is 0. The fraction of sp³-hybridized carbons (Fsp3) is 0.533. The molecule has 1 fully saturated rings. The molecule has 6 nitrogen and oxygen atoms in total. The third-order valence-corrected chi connectivity index (χ3v) is 5.86. The minimum atomic E-state index is -3.38. The summed E-state index contributed by atoms with van der Waals surface area (Å²) in [6, 6.07) is 5.90. The highest BCUT2D eigenvalue weighted by atomic mass is 32.2. The van der Waals surface area contributed by atoms with E-state index in [2.05, 4.69) is 9.71 Å². The van der Waals surface area contributed by atoms with Gasteiger partial charge in [-0.1, -0.05) is 12.5 Å². The Morgan fingerprint density at radius 1 is 1.36 bits per heavy atom. The minimum absolute atomic E-state index is 0.0847. The number of aromatic nitrogens is 2. The van der Waals surface area contributed by atoms with Crippen molar-refractivity contribution >= 4 is 15.9 Å². The van der Waals surface area contributed by atoms with Gasteiger partial charge in [0.25, 0.3) is 10.2 Å². The van der Waals surface area contributed by atoms with Crippen molar-refractivity contribution in [3.8, 4) is 0 Å². The molecule has 1 aliphatic heterocycles. The van der Waals surface area contributed by atoms with E-state index in [1.54, 1.807) is 4.31 Å². The van der Waals surface area contributed by atoms with Gasteiger partial charge in [-0.2, -0.15) is 12.7 Å². The third kappa shape index (κ3) is 3.31. The van der Waals surface area contributed by atoms with Crippen LogP contribution in [0.2, 0.25) is 0 Å². The molecule has 2 aromatic heterocycles. The molecule has 0 bridgehead atoms. The first-order valence-corrected chi connectivity index (χ1v) is 9.19. The van der Waals surface area contributed by atoms with Gasteiger partial charge in [-0.25, -0.2) is 9.71 Å². The van der Waals surface area contributed by atoms with Crippen LogP contribution in [0.3, 0.4) is 0 Å². The van der Waals surface area contributed by atoms with Gasteiger partial charge in [-0.05, 0) is 31.9 Å². The van der Waals surface area contributed by atoms with Crippen molar-refractivity contribution in [2.24, 2.45) is 0 Å². The zero-order chi connectivity index (χ0) is 15.6. The maximum atomic E-state index is 12.3. The average molecular weight is 322 g/mol. The van der Waals surface area contributed by atoms with Crippen molar-refractivity contribution in [2.75, 3.05) is 13.1 Å². The van der Waals surface area contributed by atoms with Gasteiger partial charge in [-0.3, -0.25) is 0 Å². The zero-order valence-electron chi connectivity index (χ0n) is 12.8. The number of hydrogen-bond donors (Lipinski definition) is 1. The summed E-state index contributed by atoms with van der Waals surface area (Å²) in [6.07, 6.45) is 7.45. The highest BCUT2D eigenvalue weighted by Crippen LogP contribution is 2.18. The first kappa shape index (κ1) is 15.5. The van der Waals surface area contributed by atoms with Crippen LogP contribution in [-0.4, -0.2) is 41.2 Å². The van der Waals surface area contributed by atoms with Crippen LogP contribution < -0.4 is 4.72 Å². The Hall–Kier alpha value is -1.44. The molecule has 0 spiro atoms. The van der Waals surface area contributed by atoms with Crippen molar-refractivity contribution in [3.63, 3.8) is 0 Å². The SMILES string of the molecule is C[C@H]1CCCCN1S(=O)(=O)NCCc1cn2ccccc2n1. The molecule has 22 heavy (non-hydrogen) atoms. The van der Waals surface area contributed by atoms with Crippen molar-refractivity contribution in [3.05, 3.63) is 36.3 Å². The summed E-state index contributed by atoms with van der Waals surface area (Å²) in [5, 5.41) is 0. The largest absolute Gasteiger partial charge is 0.307 e. The van der Waals surface area contributed by atoms with Crippen LogP contribution in [0.5, 0.6) is 0 Å². The van der Waals surface area contributed by atoms with Crippen LogP contribution in [0.1, 0.15) is 31.9 Å². The van der Waals surface area contributed by atoms with E-state index >= 15 is 0 Å². The Bertz CT molecular complexity index is 708. The van der Waals surface area contributed by atoms with Gasteiger partial charge < -0.3 is 4.40 Å². The van der Waals surface area contributed by atoms with Crippen LogP contribution in [0.15, 0.2) is 30.6 Å². The van der Waals surface area contributed by atoms with Crippen LogP contribution in [0.25, 0.3) is 5.65 Å². The fourth-order valence-electron chi connectivity index (χ4n) is 2.93. The number of hydrogen-bond acceptors (Lipinski definition) is 3. The Morgan fingerprint density at radius 2 is 2.23 bits per heavy atom. The summed E-state index contributed by atoms with van der Waals surface area (Å²) in [5.41, 5.74) is 1.77. The molecule has 1 N–H and O–H groups in total. The first-order valence-electron chi connectivity index (χ1n) is 7.75. The summed E-state index contributed by atoms with van der Waals surface area (Å²) < 4.78 is 30.9. The summed E-state index contributed by atoms with van der Waals surface area (Å²) in [7, 11) is -3.38. The molecule has 0 unspecified atom stereocenters. The molecule has 0 radical (unpaired) electrons. The fourth-order valence-corrected chi connectivity index (χ4v) is 4.40. The average Bonchev–Trinajstić information content (AvgIpc) is 2.90. The lowest BCUT2D eigenvalue weighted by Gasteiger charge is -2.32. The van der Waals surface area contributed by atoms with E-state index < -0.39 is 10.2 Å². The molecular weight excluding hydrogens is 300 g/mol. The van der Waals surface area contributed by atoms with E-state index in [1.807, 2.05) is 41.9 Å². The van der Waals surface area contributed by atoms with Crippen molar-refractivity contribution < 1.29 is 8.42 Å². The predicted octanol–water partition coefficient (Wildman–Crippen LogP) is 1.59. The minimum Gasteiger partial charge on any atom is -0.307 e. The smallest absolute Gasteiger partial charge is 0.279 e. The normalized spacial score (nSPS) is 20.5. The molecule has 1 atom stereocenters. The number of nitrogens with one attached hydrogen (secondary N) is 1. The van der Waals surface area contributed by atoms with Gasteiger partial charge in [0, 0.05) is 37.9 Å². The number of pyridine rings is 1. The number of fused-ring (bicyclic) bond motifs is 1. The van der Waals surface area contributed by atoms with E-state index in [4.69, 9.17) is 0 Å². The predicted molar refractivity (Wildman–Crippen MR) is 85.8 cm³/mol. The van der Waals surface area contributed by atoms with Gasteiger partial charge in [0.2, 0.25) is 0 Å². The van der Waals surface area contributed by atoms with Crippen LogP contribution in [-0.2, 0) is 16.6 Å². The molecule has 1 saturated heterocycles. The topological polar surface area (TPSA) is 66.7 Å². The molecule has 3 heterocycles. The standard InChI is InChI=1S/C15H22N4O2S/c1-13-6-2-5-11-19(13)22(20,21)16-9-8-14-12-18-10-4-3-7-15(18)17-14/h3-4,7,10,12-13,16H,2,5-6,8-9,11H2,1H3/t13-/m0/s1. The molecule has 7 heteroatoms. The molecule has 120 valence electrons. The lowest BCUT2D eigenvalue weighted by atomic mass is 10.1. The van der Waals surface area contributed by atoms with E-state index in [1.165, 1.54) is 0 Å². The van der Waals surface area contributed by atoms with Gasteiger partial charge in [-0.15, -0.1) is 0 Å². The summed E-state index contributed by atoms with van der Waals surface area (Å²) in [4.78, 5) is 4.47. The van der Waals surface area contributed by atoms with Crippen LogP contribution in [0, 0.1) is 0 Å². The van der Waals surface area contributed by atoms with E-state index in [0.29, 0.717) is 19.5 Å². The maximum Gasteiger partial charge on any atom is 0.279 e. The molecule has 2 aromatic rings. The highest BCUT2D eigenvalue weighted by molar-refractivity contribution is 7.87.